The van der Waals surface area contributed by atoms with Crippen LogP contribution in [0.3, 0.4) is 0 Å². The van der Waals surface area contributed by atoms with Crippen LogP contribution in [0.5, 0.6) is 0 Å². The largest absolute Gasteiger partial charge is 0.443 e. The Hall–Kier alpha value is -0.570. The normalized spacial score (nSPS) is 28.8. The van der Waals surface area contributed by atoms with Crippen molar-refractivity contribution in [3.8, 4) is 0 Å². The Kier molecular flexibility index (Phi) is 5.26. The molecule has 0 radical (unpaired) electrons. The Bertz CT molecular complexity index is 324. The third kappa shape index (κ3) is 3.50. The highest BCUT2D eigenvalue weighted by Crippen LogP contribution is 2.20. The number of hydrogen-bond donors (Lipinski definition) is 1. The SMILES string of the molecule is CCC(C)CCCC[N+]12CCCNC1=[N+](C)CCC2. The maximum atomic E-state index is 3.69. The van der Waals surface area contributed by atoms with Gasteiger partial charge >= 0.3 is 5.96 Å². The van der Waals surface area contributed by atoms with Crippen molar-refractivity contribution in [2.45, 2.75) is 52.4 Å². The molecule has 0 aliphatic carbocycles. The van der Waals surface area contributed by atoms with E-state index in [9.17, 15) is 0 Å². The molecular formula is C16H33N3+2. The zero-order valence-electron chi connectivity index (χ0n) is 13.2. The zero-order chi connectivity index (χ0) is 13.7. The summed E-state index contributed by atoms with van der Waals surface area (Å²) < 4.78 is 3.72. The van der Waals surface area contributed by atoms with E-state index in [1.165, 1.54) is 81.7 Å². The molecule has 1 fully saturated rings. The number of quaternary nitrogens is 1. The minimum absolute atomic E-state index is 0.909. The first-order chi connectivity index (χ1) is 9.18. The molecule has 0 aromatic heterocycles. The van der Waals surface area contributed by atoms with Crippen LogP contribution >= 0.6 is 0 Å². The Morgan fingerprint density at radius 2 is 2.05 bits per heavy atom. The highest BCUT2D eigenvalue weighted by Gasteiger charge is 2.44. The van der Waals surface area contributed by atoms with Gasteiger partial charge in [0.25, 0.3) is 0 Å². The average molecular weight is 267 g/mol. The molecule has 0 saturated carbocycles. The topological polar surface area (TPSA) is 15.0 Å². The molecule has 2 aliphatic heterocycles. The van der Waals surface area contributed by atoms with E-state index in [1.54, 1.807) is 0 Å². The monoisotopic (exact) mass is 267 g/mol. The van der Waals surface area contributed by atoms with Crippen molar-refractivity contribution in [3.05, 3.63) is 0 Å². The molecule has 2 unspecified atom stereocenters. The first-order valence-electron chi connectivity index (χ1n) is 8.36. The molecule has 1 N–H and O–H groups in total. The minimum Gasteiger partial charge on any atom is -0.226 e. The fourth-order valence-electron chi connectivity index (χ4n) is 3.73. The second-order valence-corrected chi connectivity index (χ2v) is 6.70. The van der Waals surface area contributed by atoms with Crippen LogP contribution < -0.4 is 5.32 Å². The molecule has 3 nitrogen and oxygen atoms in total. The molecule has 0 amide bonds. The van der Waals surface area contributed by atoms with E-state index in [2.05, 4.69) is 30.8 Å². The smallest absolute Gasteiger partial charge is 0.226 e. The number of rotatable bonds is 6. The first-order valence-corrected chi connectivity index (χ1v) is 8.36. The van der Waals surface area contributed by atoms with Crippen LogP contribution in [-0.2, 0) is 0 Å². The summed E-state index contributed by atoms with van der Waals surface area (Å²) in [6.07, 6.45) is 8.24. The van der Waals surface area contributed by atoms with Gasteiger partial charge in [-0.1, -0.05) is 26.7 Å². The fourth-order valence-corrected chi connectivity index (χ4v) is 3.73. The van der Waals surface area contributed by atoms with Gasteiger partial charge in [-0.05, 0) is 18.8 Å². The van der Waals surface area contributed by atoms with Crippen LogP contribution in [0.1, 0.15) is 52.4 Å². The molecule has 0 aromatic carbocycles. The maximum absolute atomic E-state index is 3.69. The molecule has 3 heteroatoms. The van der Waals surface area contributed by atoms with Crippen LogP contribution in [0, 0.1) is 5.92 Å². The lowest BCUT2D eigenvalue weighted by Gasteiger charge is -2.40. The molecule has 1 saturated heterocycles. The van der Waals surface area contributed by atoms with E-state index >= 15 is 0 Å². The number of unbranched alkanes of at least 4 members (excludes halogenated alkanes) is 1. The molecular weight excluding hydrogens is 234 g/mol. The molecule has 2 aliphatic rings. The lowest BCUT2D eigenvalue weighted by molar-refractivity contribution is -0.881. The van der Waals surface area contributed by atoms with Crippen molar-refractivity contribution < 1.29 is 9.06 Å². The van der Waals surface area contributed by atoms with Gasteiger partial charge in [0.1, 0.15) is 0 Å². The zero-order valence-corrected chi connectivity index (χ0v) is 13.2. The van der Waals surface area contributed by atoms with Gasteiger partial charge in [0, 0.05) is 12.8 Å². The predicted octanol–water partition coefficient (Wildman–Crippen LogP) is 2.41. The van der Waals surface area contributed by atoms with E-state index < -0.39 is 0 Å². The summed E-state index contributed by atoms with van der Waals surface area (Å²) in [5.41, 5.74) is 0. The molecule has 2 atom stereocenters. The van der Waals surface area contributed by atoms with Crippen molar-refractivity contribution in [1.29, 1.82) is 0 Å². The van der Waals surface area contributed by atoms with Crippen LogP contribution in [-0.4, -0.2) is 54.8 Å². The van der Waals surface area contributed by atoms with Crippen LogP contribution in [0.2, 0.25) is 0 Å². The van der Waals surface area contributed by atoms with Crippen LogP contribution in [0.15, 0.2) is 0 Å². The standard InChI is InChI=1S/C16H32N3/c1-4-15(2)9-5-6-12-19-13-7-10-17-16(19)18(3)11-8-14-19/h15H,4-14H2,1-3H3/q+1/p+1. The second kappa shape index (κ2) is 6.74. The van der Waals surface area contributed by atoms with Gasteiger partial charge in [-0.3, -0.25) is 0 Å². The van der Waals surface area contributed by atoms with Crippen LogP contribution in [0.4, 0.5) is 0 Å². The van der Waals surface area contributed by atoms with Gasteiger partial charge in [0.05, 0.1) is 39.8 Å². The average Bonchev–Trinajstić information content (AvgIpc) is 2.44. The summed E-state index contributed by atoms with van der Waals surface area (Å²) >= 11 is 0. The predicted molar refractivity (Wildman–Crippen MR) is 81.5 cm³/mol. The molecule has 2 rings (SSSR count). The Morgan fingerprint density at radius 1 is 1.26 bits per heavy atom. The minimum atomic E-state index is 0.909. The summed E-state index contributed by atoms with van der Waals surface area (Å²) in [7, 11) is 2.26. The lowest BCUT2D eigenvalue weighted by Crippen LogP contribution is -2.67. The number of nitrogens with one attached hydrogen (secondary N) is 1. The summed E-state index contributed by atoms with van der Waals surface area (Å²) in [6, 6.07) is 0. The Labute approximate surface area is 119 Å². The quantitative estimate of drug-likeness (QED) is 0.444. The summed E-state index contributed by atoms with van der Waals surface area (Å²) in [5.74, 6) is 2.42. The van der Waals surface area contributed by atoms with Crippen LogP contribution in [0.25, 0.3) is 0 Å². The van der Waals surface area contributed by atoms with Crippen molar-refractivity contribution in [1.82, 2.24) is 5.32 Å². The van der Waals surface area contributed by atoms with Crippen molar-refractivity contribution >= 4 is 5.96 Å². The third-order valence-electron chi connectivity index (χ3n) is 5.17. The number of nitrogens with zero attached hydrogens (tertiary/aromatic N) is 2. The number of guanidine groups is 1. The molecule has 2 heterocycles. The van der Waals surface area contributed by atoms with Gasteiger partial charge in [-0.2, -0.15) is 0 Å². The van der Waals surface area contributed by atoms with E-state index in [0.717, 1.165) is 5.92 Å². The lowest BCUT2D eigenvalue weighted by atomic mass is 10.0. The summed E-state index contributed by atoms with van der Waals surface area (Å²) in [6.45, 7) is 11.2. The summed E-state index contributed by atoms with van der Waals surface area (Å²) in [4.78, 5) is 0. The molecule has 0 bridgehead atoms. The third-order valence-corrected chi connectivity index (χ3v) is 5.17. The molecule has 110 valence electrons. The van der Waals surface area contributed by atoms with E-state index in [1.807, 2.05) is 0 Å². The maximum Gasteiger partial charge on any atom is 0.443 e. The van der Waals surface area contributed by atoms with Crippen molar-refractivity contribution in [3.63, 3.8) is 0 Å². The van der Waals surface area contributed by atoms with Gasteiger partial charge in [-0.15, -0.1) is 0 Å². The van der Waals surface area contributed by atoms with Gasteiger partial charge in [-0.25, -0.2) is 14.4 Å². The highest BCUT2D eigenvalue weighted by atomic mass is 15.5. The fraction of sp³-hybridized carbons (Fsp3) is 0.938. The highest BCUT2D eigenvalue weighted by molar-refractivity contribution is 5.68. The summed E-state index contributed by atoms with van der Waals surface area (Å²) in [5, 5.41) is 3.69. The Balaban J connectivity index is 1.90. The number of fused-ring (bicyclic) bond motifs is 1. The van der Waals surface area contributed by atoms with Gasteiger partial charge < -0.3 is 0 Å². The van der Waals surface area contributed by atoms with Crippen molar-refractivity contribution in [2.24, 2.45) is 5.92 Å². The Morgan fingerprint density at radius 3 is 2.84 bits per heavy atom. The molecule has 0 aromatic rings. The van der Waals surface area contributed by atoms with Gasteiger partial charge in [0.2, 0.25) is 0 Å². The van der Waals surface area contributed by atoms with E-state index in [4.69, 9.17) is 0 Å². The first kappa shape index (κ1) is 14.8. The molecule has 0 spiro atoms. The second-order valence-electron chi connectivity index (χ2n) is 6.70. The van der Waals surface area contributed by atoms with E-state index in [-0.39, 0.29) is 0 Å². The number of hydrogen-bond acceptors (Lipinski definition) is 1. The van der Waals surface area contributed by atoms with E-state index in [0.29, 0.717) is 0 Å². The van der Waals surface area contributed by atoms with Gasteiger partial charge in [0.15, 0.2) is 0 Å². The molecule has 19 heavy (non-hydrogen) atoms. The van der Waals surface area contributed by atoms with Crippen molar-refractivity contribution in [2.75, 3.05) is 39.8 Å².